The Balaban J connectivity index is 1.42. The topological polar surface area (TPSA) is 81.9 Å². The monoisotopic (exact) mass is 619 g/mol. The number of carbonyl (C=O) groups is 1. The second-order valence-corrected chi connectivity index (χ2v) is 11.3. The third-order valence-corrected chi connectivity index (χ3v) is 8.33. The molecule has 1 atom stereocenters. The summed E-state index contributed by atoms with van der Waals surface area (Å²) in [5, 5.41) is 2.96. The number of ether oxygens (including phenoxy) is 2. The number of hydrogen-bond acceptors (Lipinski definition) is 6. The first-order chi connectivity index (χ1) is 21.9. The predicted molar refractivity (Wildman–Crippen MR) is 174 cm³/mol. The Hall–Kier alpha value is -5.28. The van der Waals surface area contributed by atoms with Crippen LogP contribution in [-0.2, 0) is 11.4 Å². The zero-order chi connectivity index (χ0) is 31.3. The molecule has 1 N–H and O–H groups in total. The van der Waals surface area contributed by atoms with Crippen LogP contribution in [0, 0.1) is 5.82 Å². The fraction of sp³-hybridized carbons (Fsp3) is 0.139. The number of halogens is 1. The van der Waals surface area contributed by atoms with Crippen LogP contribution >= 0.6 is 11.3 Å². The fourth-order valence-corrected chi connectivity index (χ4v) is 6.24. The average Bonchev–Trinajstić information content (AvgIpc) is 3.35. The Labute approximate surface area is 263 Å². The zero-order valence-electron chi connectivity index (χ0n) is 24.7. The van der Waals surface area contributed by atoms with Crippen LogP contribution in [0.25, 0.3) is 6.08 Å². The molecule has 4 aromatic carbocycles. The molecule has 0 radical (unpaired) electrons. The Morgan fingerprint density at radius 1 is 0.956 bits per heavy atom. The van der Waals surface area contributed by atoms with Gasteiger partial charge in [0, 0.05) is 16.8 Å². The van der Waals surface area contributed by atoms with Gasteiger partial charge >= 0.3 is 0 Å². The van der Waals surface area contributed by atoms with Gasteiger partial charge in [0.2, 0.25) is 0 Å². The maximum absolute atomic E-state index is 14.2. The summed E-state index contributed by atoms with van der Waals surface area (Å²) in [6, 6.07) is 29.6. The van der Waals surface area contributed by atoms with Gasteiger partial charge in [0.25, 0.3) is 11.5 Å². The highest BCUT2D eigenvalue weighted by atomic mass is 32.1. The minimum atomic E-state index is -0.727. The van der Waals surface area contributed by atoms with E-state index in [-0.39, 0.29) is 23.9 Å². The first kappa shape index (κ1) is 29.8. The molecule has 2 heterocycles. The highest BCUT2D eigenvalue weighted by Gasteiger charge is 2.32. The van der Waals surface area contributed by atoms with Gasteiger partial charge in [0.15, 0.2) is 4.80 Å². The van der Waals surface area contributed by atoms with Crippen molar-refractivity contribution in [3.05, 3.63) is 157 Å². The lowest BCUT2D eigenvalue weighted by atomic mass is 9.95. The van der Waals surface area contributed by atoms with Gasteiger partial charge in [-0.25, -0.2) is 9.38 Å². The molecule has 0 aliphatic carbocycles. The van der Waals surface area contributed by atoms with Crippen LogP contribution in [0.1, 0.15) is 36.6 Å². The quantitative estimate of drug-likeness (QED) is 0.220. The van der Waals surface area contributed by atoms with E-state index in [0.717, 1.165) is 5.56 Å². The van der Waals surface area contributed by atoms with Crippen LogP contribution in [0.15, 0.2) is 124 Å². The van der Waals surface area contributed by atoms with E-state index in [1.54, 1.807) is 54.0 Å². The second kappa shape index (κ2) is 13.2. The van der Waals surface area contributed by atoms with Crippen molar-refractivity contribution in [1.29, 1.82) is 0 Å². The molecule has 1 aliphatic rings. The lowest BCUT2D eigenvalue weighted by Crippen LogP contribution is -2.40. The van der Waals surface area contributed by atoms with Crippen LogP contribution in [0.5, 0.6) is 11.5 Å². The first-order valence-electron chi connectivity index (χ1n) is 14.5. The number of aromatic nitrogens is 1. The number of nitrogens with one attached hydrogen (secondary N) is 1. The van der Waals surface area contributed by atoms with E-state index in [9.17, 15) is 14.0 Å². The number of allylic oxidation sites excluding steroid dienone is 1. The van der Waals surface area contributed by atoms with Crippen LogP contribution in [-0.4, -0.2) is 17.1 Å². The molecule has 0 unspecified atom stereocenters. The molecule has 0 fully saturated rings. The first-order valence-corrected chi connectivity index (χ1v) is 15.3. The molecule has 6 rings (SSSR count). The summed E-state index contributed by atoms with van der Waals surface area (Å²) in [5.41, 5.74) is 3.07. The standard InChI is InChI=1S/C36H30FN3O4S/c1-3-43-28-19-17-24(18-20-28)33-32(34(41)39-27-13-5-4-6-14-27)23(2)38-36-40(33)35(42)31(45-36)21-25-11-8-10-16-30(25)44-22-26-12-7-9-15-29(26)37/h4-21,33H,3,22H2,1-2H3,(H,39,41)/b31-21-/t33-/m1/s1. The number of benzene rings is 4. The van der Waals surface area contributed by atoms with Crippen molar-refractivity contribution in [2.24, 2.45) is 4.99 Å². The summed E-state index contributed by atoms with van der Waals surface area (Å²) in [5.74, 6) is 0.507. The molecule has 226 valence electrons. The third-order valence-electron chi connectivity index (χ3n) is 7.35. The highest BCUT2D eigenvalue weighted by Crippen LogP contribution is 2.32. The van der Waals surface area contributed by atoms with Gasteiger partial charge < -0.3 is 14.8 Å². The van der Waals surface area contributed by atoms with Gasteiger partial charge in [-0.05, 0) is 61.9 Å². The molecule has 5 aromatic rings. The van der Waals surface area contributed by atoms with Gasteiger partial charge in [-0.1, -0.05) is 78.1 Å². The number of para-hydroxylation sites is 2. The van der Waals surface area contributed by atoms with Crippen molar-refractivity contribution in [3.63, 3.8) is 0 Å². The number of fused-ring (bicyclic) bond motifs is 1. The Kier molecular flexibility index (Phi) is 8.70. The summed E-state index contributed by atoms with van der Waals surface area (Å²) in [7, 11) is 0. The van der Waals surface area contributed by atoms with E-state index in [2.05, 4.69) is 5.32 Å². The Bertz CT molecular complexity index is 2070. The zero-order valence-corrected chi connectivity index (χ0v) is 25.5. The number of hydrogen-bond donors (Lipinski definition) is 1. The van der Waals surface area contributed by atoms with Crippen LogP contribution < -0.4 is 29.7 Å². The second-order valence-electron chi connectivity index (χ2n) is 10.3. The van der Waals surface area contributed by atoms with Crippen LogP contribution in [0.4, 0.5) is 10.1 Å². The smallest absolute Gasteiger partial charge is 0.271 e. The van der Waals surface area contributed by atoms with E-state index in [4.69, 9.17) is 14.5 Å². The normalized spacial score (nSPS) is 14.5. The van der Waals surface area contributed by atoms with Crippen molar-refractivity contribution >= 4 is 29.0 Å². The van der Waals surface area contributed by atoms with Gasteiger partial charge in [-0.3, -0.25) is 14.2 Å². The van der Waals surface area contributed by atoms with Gasteiger partial charge in [0.05, 0.1) is 28.5 Å². The summed E-state index contributed by atoms with van der Waals surface area (Å²) < 4.78 is 27.8. The van der Waals surface area contributed by atoms with E-state index >= 15 is 0 Å². The molecule has 45 heavy (non-hydrogen) atoms. The molecular formula is C36H30FN3O4S. The minimum Gasteiger partial charge on any atom is -0.494 e. The Morgan fingerprint density at radius 2 is 1.67 bits per heavy atom. The summed E-state index contributed by atoms with van der Waals surface area (Å²) in [4.78, 5) is 33.1. The molecule has 1 amide bonds. The summed E-state index contributed by atoms with van der Waals surface area (Å²) in [6.45, 7) is 4.25. The molecule has 0 saturated heterocycles. The fourth-order valence-electron chi connectivity index (χ4n) is 5.20. The summed E-state index contributed by atoms with van der Waals surface area (Å²) >= 11 is 1.24. The SMILES string of the molecule is CCOc1ccc([C@@H]2C(C(=O)Nc3ccccc3)=C(C)N=c3s/c(=C\c4ccccc4OCc4ccccc4F)c(=O)n32)cc1. The number of carbonyl (C=O) groups excluding carboxylic acids is 1. The number of nitrogens with zero attached hydrogens (tertiary/aromatic N) is 2. The van der Waals surface area contributed by atoms with Crippen molar-refractivity contribution in [2.45, 2.75) is 26.5 Å². The van der Waals surface area contributed by atoms with Crippen molar-refractivity contribution in [1.82, 2.24) is 4.57 Å². The van der Waals surface area contributed by atoms with Crippen molar-refractivity contribution < 1.29 is 18.7 Å². The van der Waals surface area contributed by atoms with E-state index in [1.165, 1.54) is 17.4 Å². The lowest BCUT2D eigenvalue weighted by Gasteiger charge is -2.25. The maximum Gasteiger partial charge on any atom is 0.271 e. The number of anilines is 1. The van der Waals surface area contributed by atoms with Crippen LogP contribution in [0.2, 0.25) is 0 Å². The maximum atomic E-state index is 14.2. The van der Waals surface area contributed by atoms with Gasteiger partial charge in [-0.2, -0.15) is 0 Å². The van der Waals surface area contributed by atoms with Crippen LogP contribution in [0.3, 0.4) is 0 Å². The number of thiazole rings is 1. The van der Waals surface area contributed by atoms with Crippen molar-refractivity contribution in [2.75, 3.05) is 11.9 Å². The average molecular weight is 620 g/mol. The molecule has 1 aliphatic heterocycles. The predicted octanol–water partition coefficient (Wildman–Crippen LogP) is 5.99. The molecule has 0 bridgehead atoms. The molecule has 7 nitrogen and oxygen atoms in total. The molecule has 9 heteroatoms. The molecular weight excluding hydrogens is 589 g/mol. The number of amides is 1. The van der Waals surface area contributed by atoms with E-state index in [0.29, 0.717) is 55.5 Å². The highest BCUT2D eigenvalue weighted by molar-refractivity contribution is 7.07. The molecule has 1 aromatic heterocycles. The summed E-state index contributed by atoms with van der Waals surface area (Å²) in [6.07, 6.45) is 1.75. The van der Waals surface area contributed by atoms with Gasteiger partial charge in [0.1, 0.15) is 23.9 Å². The minimum absolute atomic E-state index is 0.0373. The van der Waals surface area contributed by atoms with E-state index in [1.807, 2.05) is 67.6 Å². The Morgan fingerprint density at radius 3 is 2.42 bits per heavy atom. The van der Waals surface area contributed by atoms with Crippen molar-refractivity contribution in [3.8, 4) is 11.5 Å². The van der Waals surface area contributed by atoms with Gasteiger partial charge in [-0.15, -0.1) is 0 Å². The third kappa shape index (κ3) is 6.34. The largest absolute Gasteiger partial charge is 0.494 e. The molecule has 0 spiro atoms. The number of rotatable bonds is 9. The molecule has 0 saturated carbocycles. The van der Waals surface area contributed by atoms with E-state index < -0.39 is 6.04 Å². The lowest BCUT2D eigenvalue weighted by molar-refractivity contribution is -0.113.